The molecule has 1 aromatic heterocycles. The molecular weight excluding hydrogens is 252 g/mol. The second kappa shape index (κ2) is 6.91. The van der Waals surface area contributed by atoms with Gasteiger partial charge in [-0.2, -0.15) is 0 Å². The van der Waals surface area contributed by atoms with Gasteiger partial charge in [-0.15, -0.1) is 0 Å². The quantitative estimate of drug-likeness (QED) is 0.878. The number of ether oxygens (including phenoxy) is 2. The number of methoxy groups -OCH3 is 1. The number of hydrogen-bond donors (Lipinski definition) is 1. The Hall–Kier alpha value is -2.07. The van der Waals surface area contributed by atoms with Gasteiger partial charge >= 0.3 is 0 Å². The Morgan fingerprint density at radius 1 is 1.10 bits per heavy atom. The summed E-state index contributed by atoms with van der Waals surface area (Å²) < 4.78 is 10.8. The second-order valence-corrected chi connectivity index (χ2v) is 4.57. The highest BCUT2D eigenvalue weighted by atomic mass is 16.5. The van der Waals surface area contributed by atoms with Crippen LogP contribution >= 0.6 is 0 Å². The molecule has 2 N–H and O–H groups in total. The molecule has 0 amide bonds. The summed E-state index contributed by atoms with van der Waals surface area (Å²) in [5, 5.41) is 0. The SMILES string of the molecule is CC[C@@H](N)c1ccc(OCc2ccc(OC)cc2)cn1. The summed E-state index contributed by atoms with van der Waals surface area (Å²) in [6.07, 6.45) is 2.59. The molecule has 2 rings (SSSR count). The second-order valence-electron chi connectivity index (χ2n) is 4.57. The highest BCUT2D eigenvalue weighted by molar-refractivity contribution is 5.27. The highest BCUT2D eigenvalue weighted by Gasteiger charge is 2.04. The Morgan fingerprint density at radius 2 is 1.80 bits per heavy atom. The third-order valence-electron chi connectivity index (χ3n) is 3.14. The first-order chi connectivity index (χ1) is 9.72. The smallest absolute Gasteiger partial charge is 0.138 e. The molecule has 0 unspecified atom stereocenters. The molecule has 0 saturated carbocycles. The van der Waals surface area contributed by atoms with Crippen LogP contribution in [0, 0.1) is 0 Å². The van der Waals surface area contributed by atoms with Crippen LogP contribution in [0.15, 0.2) is 42.6 Å². The molecule has 0 aliphatic carbocycles. The van der Waals surface area contributed by atoms with Crippen molar-refractivity contribution in [3.05, 3.63) is 53.9 Å². The topological polar surface area (TPSA) is 57.4 Å². The largest absolute Gasteiger partial charge is 0.497 e. The Labute approximate surface area is 119 Å². The lowest BCUT2D eigenvalue weighted by molar-refractivity contribution is 0.304. The standard InChI is InChI=1S/C16H20N2O2/c1-3-15(17)16-9-8-14(10-18-16)20-11-12-4-6-13(19-2)7-5-12/h4-10,15H,3,11,17H2,1-2H3/t15-/m1/s1. The van der Waals surface area contributed by atoms with Crippen LogP contribution in [0.4, 0.5) is 0 Å². The van der Waals surface area contributed by atoms with Crippen LogP contribution in [0.2, 0.25) is 0 Å². The van der Waals surface area contributed by atoms with Crippen LogP contribution in [0.5, 0.6) is 11.5 Å². The van der Waals surface area contributed by atoms with Crippen molar-refractivity contribution in [2.75, 3.05) is 7.11 Å². The van der Waals surface area contributed by atoms with E-state index in [4.69, 9.17) is 15.2 Å². The molecule has 0 radical (unpaired) electrons. The number of aromatic nitrogens is 1. The maximum Gasteiger partial charge on any atom is 0.138 e. The molecule has 0 bridgehead atoms. The van der Waals surface area contributed by atoms with E-state index in [0.717, 1.165) is 29.2 Å². The minimum atomic E-state index is -0.00867. The molecule has 4 nitrogen and oxygen atoms in total. The molecule has 0 saturated heterocycles. The van der Waals surface area contributed by atoms with E-state index in [1.165, 1.54) is 0 Å². The van der Waals surface area contributed by atoms with E-state index in [0.29, 0.717) is 6.61 Å². The molecule has 0 aliphatic rings. The monoisotopic (exact) mass is 272 g/mol. The zero-order chi connectivity index (χ0) is 14.4. The van der Waals surface area contributed by atoms with Gasteiger partial charge in [-0.3, -0.25) is 4.98 Å². The van der Waals surface area contributed by atoms with E-state index >= 15 is 0 Å². The van der Waals surface area contributed by atoms with Gasteiger partial charge in [-0.1, -0.05) is 19.1 Å². The van der Waals surface area contributed by atoms with Gasteiger partial charge in [0.15, 0.2) is 0 Å². The van der Waals surface area contributed by atoms with Crippen molar-refractivity contribution in [3.8, 4) is 11.5 Å². The van der Waals surface area contributed by atoms with Crippen molar-refractivity contribution < 1.29 is 9.47 Å². The van der Waals surface area contributed by atoms with E-state index in [1.54, 1.807) is 13.3 Å². The van der Waals surface area contributed by atoms with E-state index in [1.807, 2.05) is 43.3 Å². The fourth-order valence-corrected chi connectivity index (χ4v) is 1.79. The van der Waals surface area contributed by atoms with Gasteiger partial charge in [0.05, 0.1) is 19.0 Å². The minimum Gasteiger partial charge on any atom is -0.497 e. The van der Waals surface area contributed by atoms with Gasteiger partial charge in [0.1, 0.15) is 18.1 Å². The van der Waals surface area contributed by atoms with Crippen LogP contribution < -0.4 is 15.2 Å². The van der Waals surface area contributed by atoms with Crippen molar-refractivity contribution in [3.63, 3.8) is 0 Å². The summed E-state index contributed by atoms with van der Waals surface area (Å²) in [5.41, 5.74) is 7.90. The zero-order valence-corrected chi connectivity index (χ0v) is 11.9. The number of hydrogen-bond acceptors (Lipinski definition) is 4. The molecule has 0 aliphatic heterocycles. The Balaban J connectivity index is 1.93. The minimum absolute atomic E-state index is 0.00867. The number of nitrogens with zero attached hydrogens (tertiary/aromatic N) is 1. The molecule has 106 valence electrons. The average Bonchev–Trinajstić information content (AvgIpc) is 2.53. The van der Waals surface area contributed by atoms with E-state index in [-0.39, 0.29) is 6.04 Å². The molecule has 1 heterocycles. The van der Waals surface area contributed by atoms with E-state index in [9.17, 15) is 0 Å². The molecule has 4 heteroatoms. The molecule has 2 aromatic rings. The van der Waals surface area contributed by atoms with Gasteiger partial charge in [-0.25, -0.2) is 0 Å². The zero-order valence-electron chi connectivity index (χ0n) is 11.9. The predicted molar refractivity (Wildman–Crippen MR) is 78.8 cm³/mol. The lowest BCUT2D eigenvalue weighted by Gasteiger charge is -2.10. The molecule has 0 fully saturated rings. The number of benzene rings is 1. The van der Waals surface area contributed by atoms with Gasteiger partial charge in [-0.05, 0) is 36.2 Å². The summed E-state index contributed by atoms with van der Waals surface area (Å²) in [6, 6.07) is 11.6. The fourth-order valence-electron chi connectivity index (χ4n) is 1.79. The average molecular weight is 272 g/mol. The molecule has 0 spiro atoms. The summed E-state index contributed by atoms with van der Waals surface area (Å²) in [4.78, 5) is 4.32. The Bertz CT molecular complexity index is 523. The highest BCUT2D eigenvalue weighted by Crippen LogP contribution is 2.17. The fraction of sp³-hybridized carbons (Fsp3) is 0.312. The third kappa shape index (κ3) is 3.71. The molecule has 1 atom stereocenters. The number of rotatable bonds is 6. The number of nitrogens with two attached hydrogens (primary N) is 1. The van der Waals surface area contributed by atoms with Crippen LogP contribution in [0.1, 0.15) is 30.6 Å². The van der Waals surface area contributed by atoms with Crippen LogP contribution in [-0.4, -0.2) is 12.1 Å². The van der Waals surface area contributed by atoms with Crippen LogP contribution in [0.3, 0.4) is 0 Å². The summed E-state index contributed by atoms with van der Waals surface area (Å²) >= 11 is 0. The van der Waals surface area contributed by atoms with Crippen LogP contribution in [-0.2, 0) is 6.61 Å². The lowest BCUT2D eigenvalue weighted by atomic mass is 10.1. The van der Waals surface area contributed by atoms with Gasteiger partial charge in [0.2, 0.25) is 0 Å². The van der Waals surface area contributed by atoms with Crippen molar-refractivity contribution in [1.29, 1.82) is 0 Å². The maximum atomic E-state index is 5.92. The first-order valence-electron chi connectivity index (χ1n) is 6.70. The summed E-state index contributed by atoms with van der Waals surface area (Å²) in [7, 11) is 1.65. The molecule has 20 heavy (non-hydrogen) atoms. The molecular formula is C16H20N2O2. The number of pyridine rings is 1. The van der Waals surface area contributed by atoms with Crippen molar-refractivity contribution in [2.24, 2.45) is 5.73 Å². The third-order valence-corrected chi connectivity index (χ3v) is 3.14. The Morgan fingerprint density at radius 3 is 2.35 bits per heavy atom. The Kier molecular flexibility index (Phi) is 4.96. The van der Waals surface area contributed by atoms with Crippen molar-refractivity contribution in [1.82, 2.24) is 4.98 Å². The predicted octanol–water partition coefficient (Wildman–Crippen LogP) is 3.08. The first kappa shape index (κ1) is 14.3. The van der Waals surface area contributed by atoms with Gasteiger partial charge < -0.3 is 15.2 Å². The van der Waals surface area contributed by atoms with Crippen molar-refractivity contribution >= 4 is 0 Å². The molecule has 1 aromatic carbocycles. The van der Waals surface area contributed by atoms with Crippen LogP contribution in [0.25, 0.3) is 0 Å². The van der Waals surface area contributed by atoms with Gasteiger partial charge in [0.25, 0.3) is 0 Å². The maximum absolute atomic E-state index is 5.92. The summed E-state index contributed by atoms with van der Waals surface area (Å²) in [6.45, 7) is 2.55. The van der Waals surface area contributed by atoms with Crippen molar-refractivity contribution in [2.45, 2.75) is 26.0 Å². The van der Waals surface area contributed by atoms with E-state index in [2.05, 4.69) is 4.98 Å². The normalized spacial score (nSPS) is 11.9. The lowest BCUT2D eigenvalue weighted by Crippen LogP contribution is -2.10. The van der Waals surface area contributed by atoms with Gasteiger partial charge in [0, 0.05) is 6.04 Å². The summed E-state index contributed by atoms with van der Waals surface area (Å²) in [5.74, 6) is 1.58. The van der Waals surface area contributed by atoms with E-state index < -0.39 is 0 Å². The first-order valence-corrected chi connectivity index (χ1v) is 6.70.